The third-order valence-electron chi connectivity index (χ3n) is 0. The SMILES string of the molecule is CCO.O.[V]. The average molecular weight is 115 g/mol. The zero-order valence-electron chi connectivity index (χ0n) is 3.10. The van der Waals surface area contributed by atoms with Gasteiger partial charge >= 0.3 is 0 Å². The van der Waals surface area contributed by atoms with Crippen LogP contribution in [0.3, 0.4) is 0 Å². The van der Waals surface area contributed by atoms with Gasteiger partial charge in [-0.2, -0.15) is 0 Å². The van der Waals surface area contributed by atoms with Crippen molar-refractivity contribution in [2.75, 3.05) is 6.61 Å². The van der Waals surface area contributed by atoms with Crippen LogP contribution in [0.25, 0.3) is 0 Å². The van der Waals surface area contributed by atoms with Crippen LogP contribution in [0.5, 0.6) is 0 Å². The molecule has 0 aliphatic heterocycles. The van der Waals surface area contributed by atoms with Gasteiger partial charge in [-0.05, 0) is 6.92 Å². The first-order valence-electron chi connectivity index (χ1n) is 1.02. The third-order valence-corrected chi connectivity index (χ3v) is 0. The van der Waals surface area contributed by atoms with E-state index in [0.717, 1.165) is 0 Å². The predicted molar refractivity (Wildman–Crippen MR) is 16.4 cm³/mol. The fraction of sp³-hybridized carbons (Fsp3) is 1.00. The molecule has 0 rings (SSSR count). The van der Waals surface area contributed by atoms with Crippen LogP contribution in [-0.2, 0) is 18.6 Å². The van der Waals surface area contributed by atoms with Gasteiger partial charge in [0.1, 0.15) is 0 Å². The molecule has 0 aromatic heterocycles. The average Bonchev–Trinajstić information content (AvgIpc) is 0.918. The second-order valence-electron chi connectivity index (χ2n) is 0.316. The molecule has 0 heterocycles. The van der Waals surface area contributed by atoms with Crippen molar-refractivity contribution < 1.29 is 29.1 Å². The first-order chi connectivity index (χ1) is 1.41. The maximum absolute atomic E-state index is 7.57. The summed E-state index contributed by atoms with van der Waals surface area (Å²) in [4.78, 5) is 0. The molecule has 0 amide bonds. The van der Waals surface area contributed by atoms with Crippen LogP contribution in [0, 0.1) is 0 Å². The van der Waals surface area contributed by atoms with Gasteiger partial charge in [0.25, 0.3) is 0 Å². The molecule has 0 unspecified atom stereocenters. The second kappa shape index (κ2) is 24.4. The van der Waals surface area contributed by atoms with Crippen molar-refractivity contribution in [3.05, 3.63) is 0 Å². The van der Waals surface area contributed by atoms with Crippen molar-refractivity contribution in [3.8, 4) is 0 Å². The molecule has 0 fully saturated rings. The van der Waals surface area contributed by atoms with Crippen LogP contribution in [0.15, 0.2) is 0 Å². The summed E-state index contributed by atoms with van der Waals surface area (Å²) in [5.74, 6) is 0. The van der Waals surface area contributed by atoms with E-state index in [1.165, 1.54) is 0 Å². The summed E-state index contributed by atoms with van der Waals surface area (Å²) in [6.45, 7) is 1.93. The summed E-state index contributed by atoms with van der Waals surface area (Å²) in [5.41, 5.74) is 0. The number of hydrogen-bond donors (Lipinski definition) is 1. The summed E-state index contributed by atoms with van der Waals surface area (Å²) in [6.07, 6.45) is 0. The van der Waals surface area contributed by atoms with Crippen LogP contribution in [0.4, 0.5) is 0 Å². The molecule has 0 saturated heterocycles. The van der Waals surface area contributed by atoms with E-state index in [2.05, 4.69) is 0 Å². The van der Waals surface area contributed by atoms with E-state index in [1.54, 1.807) is 6.92 Å². The molecular weight excluding hydrogens is 107 g/mol. The molecule has 0 aliphatic rings. The molecule has 3 heteroatoms. The Kier molecular flexibility index (Phi) is 87.0. The zero-order valence-corrected chi connectivity index (χ0v) is 4.50. The fourth-order valence-corrected chi connectivity index (χ4v) is 0. The van der Waals surface area contributed by atoms with E-state index in [9.17, 15) is 0 Å². The normalized spacial score (nSPS) is 3.60. The molecule has 0 aromatic rings. The molecule has 0 saturated carbocycles. The first kappa shape index (κ1) is 17.8. The zero-order chi connectivity index (χ0) is 2.71. The topological polar surface area (TPSA) is 51.7 Å². The molecule has 0 bridgehead atoms. The minimum absolute atomic E-state index is 0. The van der Waals surface area contributed by atoms with E-state index in [-0.39, 0.29) is 30.6 Å². The Morgan fingerprint density at radius 1 is 1.60 bits per heavy atom. The van der Waals surface area contributed by atoms with Crippen LogP contribution in [0.1, 0.15) is 6.92 Å². The van der Waals surface area contributed by atoms with Crippen molar-refractivity contribution >= 4 is 0 Å². The standard InChI is InChI=1S/C2H6O.H2O.V/c1-2-3;;/h3H,2H2,1H3;1H2;. The summed E-state index contributed by atoms with van der Waals surface area (Å²) in [5, 5.41) is 7.57. The Bertz CT molecular complexity index is 7.61. The Labute approximate surface area is 43.4 Å². The molecule has 33 valence electrons. The molecule has 0 aliphatic carbocycles. The van der Waals surface area contributed by atoms with E-state index in [4.69, 9.17) is 5.11 Å². The fourth-order valence-electron chi connectivity index (χ4n) is 0. The molecular formula is C2H8O2V. The predicted octanol–water partition coefficient (Wildman–Crippen LogP) is -0.829. The minimum Gasteiger partial charge on any atom is -0.412 e. The molecule has 3 N–H and O–H groups in total. The summed E-state index contributed by atoms with van der Waals surface area (Å²) >= 11 is 0. The summed E-state index contributed by atoms with van der Waals surface area (Å²) < 4.78 is 0. The minimum atomic E-state index is 0. The van der Waals surface area contributed by atoms with Crippen molar-refractivity contribution in [3.63, 3.8) is 0 Å². The van der Waals surface area contributed by atoms with Gasteiger partial charge in [-0.1, -0.05) is 0 Å². The molecule has 0 spiro atoms. The van der Waals surface area contributed by atoms with Crippen molar-refractivity contribution in [2.45, 2.75) is 6.92 Å². The van der Waals surface area contributed by atoms with E-state index < -0.39 is 0 Å². The van der Waals surface area contributed by atoms with Gasteiger partial charge in [-0.3, -0.25) is 0 Å². The van der Waals surface area contributed by atoms with Crippen molar-refractivity contribution in [2.24, 2.45) is 0 Å². The maximum Gasteiger partial charge on any atom is 0.0402 e. The summed E-state index contributed by atoms with van der Waals surface area (Å²) in [6, 6.07) is 0. The third kappa shape index (κ3) is 111. The smallest absolute Gasteiger partial charge is 0.0402 e. The van der Waals surface area contributed by atoms with Gasteiger partial charge in [0.15, 0.2) is 0 Å². The molecule has 1 radical (unpaired) electrons. The van der Waals surface area contributed by atoms with E-state index in [0.29, 0.717) is 0 Å². The Balaban J connectivity index is -0.0000000200. The molecule has 2 nitrogen and oxygen atoms in total. The molecule has 0 aromatic carbocycles. The number of rotatable bonds is 0. The van der Waals surface area contributed by atoms with E-state index in [1.807, 2.05) is 0 Å². The van der Waals surface area contributed by atoms with Crippen molar-refractivity contribution in [1.82, 2.24) is 0 Å². The number of aliphatic hydroxyl groups is 1. The molecule has 0 atom stereocenters. The Morgan fingerprint density at radius 3 is 1.60 bits per heavy atom. The first-order valence-corrected chi connectivity index (χ1v) is 1.02. The number of hydrogen-bond acceptors (Lipinski definition) is 1. The monoisotopic (exact) mass is 115 g/mol. The van der Waals surface area contributed by atoms with E-state index >= 15 is 0 Å². The van der Waals surface area contributed by atoms with Crippen molar-refractivity contribution in [1.29, 1.82) is 0 Å². The Morgan fingerprint density at radius 2 is 1.60 bits per heavy atom. The van der Waals surface area contributed by atoms with Gasteiger partial charge < -0.3 is 10.6 Å². The largest absolute Gasteiger partial charge is 0.412 e. The van der Waals surface area contributed by atoms with Gasteiger partial charge in [0, 0.05) is 25.2 Å². The van der Waals surface area contributed by atoms with Gasteiger partial charge in [0.2, 0.25) is 0 Å². The van der Waals surface area contributed by atoms with Crippen LogP contribution >= 0.6 is 0 Å². The van der Waals surface area contributed by atoms with Gasteiger partial charge in [0.05, 0.1) is 0 Å². The maximum atomic E-state index is 7.57. The van der Waals surface area contributed by atoms with Gasteiger partial charge in [-0.25, -0.2) is 0 Å². The Hall–Kier alpha value is 0.504. The van der Waals surface area contributed by atoms with Crippen LogP contribution in [-0.4, -0.2) is 17.2 Å². The van der Waals surface area contributed by atoms with Gasteiger partial charge in [-0.15, -0.1) is 0 Å². The van der Waals surface area contributed by atoms with Crippen LogP contribution < -0.4 is 0 Å². The molecule has 5 heavy (non-hydrogen) atoms. The number of aliphatic hydroxyl groups excluding tert-OH is 1. The van der Waals surface area contributed by atoms with Crippen LogP contribution in [0.2, 0.25) is 0 Å². The summed E-state index contributed by atoms with van der Waals surface area (Å²) in [7, 11) is 0. The quantitative estimate of drug-likeness (QED) is 0.440. The second-order valence-corrected chi connectivity index (χ2v) is 0.316.